The van der Waals surface area contributed by atoms with E-state index in [9.17, 15) is 14.4 Å². The molecule has 3 rings (SSSR count). The maximum Gasteiger partial charge on any atom is 0.279 e. The first-order chi connectivity index (χ1) is 13.9. The quantitative estimate of drug-likeness (QED) is 0.709. The predicted molar refractivity (Wildman–Crippen MR) is 108 cm³/mol. The molecular formula is C21H22ClN3O4. The molecule has 0 bridgehead atoms. The number of likely N-dealkylation sites (tertiary alicyclic amines) is 1. The van der Waals surface area contributed by atoms with Gasteiger partial charge in [-0.1, -0.05) is 41.9 Å². The smallest absolute Gasteiger partial charge is 0.279 e. The van der Waals surface area contributed by atoms with E-state index in [1.165, 1.54) is 0 Å². The van der Waals surface area contributed by atoms with Crippen LogP contribution < -0.4 is 15.6 Å². The Bertz CT molecular complexity index is 873. The highest BCUT2D eigenvalue weighted by atomic mass is 35.5. The monoisotopic (exact) mass is 415 g/mol. The first-order valence-electron chi connectivity index (χ1n) is 9.26. The van der Waals surface area contributed by atoms with E-state index in [4.69, 9.17) is 16.3 Å². The van der Waals surface area contributed by atoms with E-state index in [-0.39, 0.29) is 12.3 Å². The Morgan fingerprint density at radius 3 is 2.52 bits per heavy atom. The minimum atomic E-state index is -0.823. The number of benzene rings is 2. The molecule has 7 nitrogen and oxygen atoms in total. The number of halogens is 1. The third-order valence-corrected chi connectivity index (χ3v) is 4.86. The van der Waals surface area contributed by atoms with Crippen LogP contribution in [0, 0.1) is 5.92 Å². The van der Waals surface area contributed by atoms with E-state index in [2.05, 4.69) is 10.9 Å². The summed E-state index contributed by atoms with van der Waals surface area (Å²) in [6.07, 6.45) is -0.706. The molecule has 1 aliphatic heterocycles. The van der Waals surface area contributed by atoms with Crippen LogP contribution in [0.5, 0.6) is 5.75 Å². The first-order valence-corrected chi connectivity index (χ1v) is 9.64. The Morgan fingerprint density at radius 1 is 1.14 bits per heavy atom. The second-order valence-electron chi connectivity index (χ2n) is 6.85. The van der Waals surface area contributed by atoms with Gasteiger partial charge in [-0.05, 0) is 36.8 Å². The van der Waals surface area contributed by atoms with Gasteiger partial charge >= 0.3 is 0 Å². The molecule has 3 amide bonds. The minimum Gasteiger partial charge on any atom is -0.481 e. The molecule has 0 spiro atoms. The molecule has 1 saturated heterocycles. The SMILES string of the molecule is CC(Oc1ccc(Cl)cc1)C(=O)NNC(=O)C1CC(=O)N(Cc2ccccc2)C1. The van der Waals surface area contributed by atoms with Gasteiger partial charge in [0, 0.05) is 24.5 Å². The Morgan fingerprint density at radius 2 is 1.83 bits per heavy atom. The number of nitrogens with one attached hydrogen (secondary N) is 2. The maximum atomic E-state index is 12.4. The average Bonchev–Trinajstić information content (AvgIpc) is 3.08. The molecule has 1 aliphatic rings. The third kappa shape index (κ3) is 5.71. The molecule has 1 heterocycles. The van der Waals surface area contributed by atoms with E-state index < -0.39 is 23.8 Å². The Balaban J connectivity index is 1.45. The molecule has 0 radical (unpaired) electrons. The van der Waals surface area contributed by atoms with Crippen LogP contribution in [0.3, 0.4) is 0 Å². The van der Waals surface area contributed by atoms with Gasteiger partial charge in [0.15, 0.2) is 6.10 Å². The topological polar surface area (TPSA) is 87.7 Å². The molecule has 2 N–H and O–H groups in total. The van der Waals surface area contributed by atoms with Crippen LogP contribution in [0.1, 0.15) is 18.9 Å². The number of carbonyl (C=O) groups is 3. The second kappa shape index (κ2) is 9.43. The summed E-state index contributed by atoms with van der Waals surface area (Å²) in [6, 6.07) is 16.2. The zero-order valence-electron chi connectivity index (χ0n) is 15.9. The van der Waals surface area contributed by atoms with Gasteiger partial charge in [0.1, 0.15) is 5.75 Å². The molecule has 0 saturated carbocycles. The summed E-state index contributed by atoms with van der Waals surface area (Å²) in [5.41, 5.74) is 5.74. The normalized spacial score (nSPS) is 17.0. The molecule has 29 heavy (non-hydrogen) atoms. The number of hydrogen-bond acceptors (Lipinski definition) is 4. The van der Waals surface area contributed by atoms with Crippen molar-refractivity contribution in [3.63, 3.8) is 0 Å². The van der Waals surface area contributed by atoms with E-state index in [0.717, 1.165) is 5.56 Å². The van der Waals surface area contributed by atoms with E-state index in [1.54, 1.807) is 36.1 Å². The standard InChI is InChI=1S/C21H22ClN3O4/c1-14(29-18-9-7-17(22)8-10-18)20(27)23-24-21(28)16-11-19(26)25(13-16)12-15-5-3-2-4-6-15/h2-10,14,16H,11-13H2,1H3,(H,23,27)(H,24,28). The first kappa shape index (κ1) is 20.7. The van der Waals surface area contributed by atoms with E-state index in [0.29, 0.717) is 23.9 Å². The zero-order valence-corrected chi connectivity index (χ0v) is 16.7. The molecule has 2 atom stereocenters. The van der Waals surface area contributed by atoms with Crippen molar-refractivity contribution >= 4 is 29.3 Å². The average molecular weight is 416 g/mol. The molecule has 2 aromatic carbocycles. The summed E-state index contributed by atoms with van der Waals surface area (Å²) in [7, 11) is 0. The van der Waals surface area contributed by atoms with E-state index in [1.807, 2.05) is 30.3 Å². The van der Waals surface area contributed by atoms with Crippen molar-refractivity contribution in [2.24, 2.45) is 5.92 Å². The fourth-order valence-corrected chi connectivity index (χ4v) is 3.13. The minimum absolute atomic E-state index is 0.0835. The highest BCUT2D eigenvalue weighted by Crippen LogP contribution is 2.20. The second-order valence-corrected chi connectivity index (χ2v) is 7.29. The van der Waals surface area contributed by atoms with Crippen LogP contribution in [0.15, 0.2) is 54.6 Å². The summed E-state index contributed by atoms with van der Waals surface area (Å²) in [6.45, 7) is 2.34. The molecule has 2 unspecified atom stereocenters. The lowest BCUT2D eigenvalue weighted by molar-refractivity contribution is -0.134. The number of rotatable bonds is 6. The van der Waals surface area contributed by atoms with Crippen LogP contribution >= 0.6 is 11.6 Å². The van der Waals surface area contributed by atoms with Gasteiger partial charge in [-0.25, -0.2) is 0 Å². The van der Waals surface area contributed by atoms with Crippen LogP contribution in [0.4, 0.5) is 0 Å². The number of carbonyl (C=O) groups excluding carboxylic acids is 3. The van der Waals surface area contributed by atoms with Crippen molar-refractivity contribution in [3.05, 3.63) is 65.2 Å². The third-order valence-electron chi connectivity index (χ3n) is 4.61. The lowest BCUT2D eigenvalue weighted by Crippen LogP contribution is -2.49. The van der Waals surface area contributed by atoms with Gasteiger partial charge in [-0.15, -0.1) is 0 Å². The largest absolute Gasteiger partial charge is 0.481 e. The number of hydrogen-bond donors (Lipinski definition) is 2. The van der Waals surface area contributed by atoms with Crippen LogP contribution in [0.2, 0.25) is 5.02 Å². The summed E-state index contributed by atoms with van der Waals surface area (Å²) >= 11 is 5.81. The maximum absolute atomic E-state index is 12.4. The summed E-state index contributed by atoms with van der Waals surface area (Å²) in [5.74, 6) is -1.01. The van der Waals surface area contributed by atoms with Crippen molar-refractivity contribution in [1.29, 1.82) is 0 Å². The molecule has 8 heteroatoms. The van der Waals surface area contributed by atoms with Gasteiger partial charge < -0.3 is 9.64 Å². The lowest BCUT2D eigenvalue weighted by Gasteiger charge is -2.18. The number of hydrazine groups is 1. The Labute approximate surface area is 173 Å². The van der Waals surface area contributed by atoms with Gasteiger partial charge in [0.2, 0.25) is 11.8 Å². The highest BCUT2D eigenvalue weighted by molar-refractivity contribution is 6.30. The summed E-state index contributed by atoms with van der Waals surface area (Å²) in [5, 5.41) is 0.564. The van der Waals surface area contributed by atoms with Crippen LogP contribution in [0.25, 0.3) is 0 Å². The Hall–Kier alpha value is -3.06. The molecule has 2 aromatic rings. The molecular weight excluding hydrogens is 394 g/mol. The summed E-state index contributed by atoms with van der Waals surface area (Å²) < 4.78 is 5.51. The number of ether oxygens (including phenoxy) is 1. The van der Waals surface area contributed by atoms with Gasteiger partial charge in [0.05, 0.1) is 5.92 Å². The lowest BCUT2D eigenvalue weighted by atomic mass is 10.1. The highest BCUT2D eigenvalue weighted by Gasteiger charge is 2.34. The van der Waals surface area contributed by atoms with Gasteiger partial charge in [0.25, 0.3) is 5.91 Å². The zero-order chi connectivity index (χ0) is 20.8. The molecule has 0 aliphatic carbocycles. The molecule has 1 fully saturated rings. The fraction of sp³-hybridized carbons (Fsp3) is 0.286. The number of amides is 3. The van der Waals surface area contributed by atoms with Crippen LogP contribution in [-0.4, -0.2) is 35.3 Å². The number of nitrogens with zero attached hydrogens (tertiary/aromatic N) is 1. The Kier molecular flexibility index (Phi) is 6.72. The van der Waals surface area contributed by atoms with Crippen molar-refractivity contribution < 1.29 is 19.1 Å². The van der Waals surface area contributed by atoms with Crippen LogP contribution in [-0.2, 0) is 20.9 Å². The van der Waals surface area contributed by atoms with E-state index >= 15 is 0 Å². The summed E-state index contributed by atoms with van der Waals surface area (Å²) in [4.78, 5) is 38.3. The van der Waals surface area contributed by atoms with Gasteiger partial charge in [-0.2, -0.15) is 0 Å². The molecule has 0 aromatic heterocycles. The van der Waals surface area contributed by atoms with Crippen molar-refractivity contribution in [1.82, 2.24) is 15.8 Å². The van der Waals surface area contributed by atoms with Crippen molar-refractivity contribution in [2.75, 3.05) is 6.54 Å². The van der Waals surface area contributed by atoms with Crippen molar-refractivity contribution in [3.8, 4) is 5.75 Å². The molecule has 152 valence electrons. The predicted octanol–water partition coefficient (Wildman–Crippen LogP) is 2.30. The fourth-order valence-electron chi connectivity index (χ4n) is 3.00. The van der Waals surface area contributed by atoms with Crippen molar-refractivity contribution in [2.45, 2.75) is 26.0 Å². The van der Waals surface area contributed by atoms with Gasteiger partial charge in [-0.3, -0.25) is 25.2 Å².